The highest BCUT2D eigenvalue weighted by atomic mass is 32.1. The number of carbonyl (C=O) groups excluding carboxylic acids is 1. The first-order valence-corrected chi connectivity index (χ1v) is 6.25. The van der Waals surface area contributed by atoms with E-state index < -0.39 is 0 Å². The number of amides is 1. The molecule has 0 bridgehead atoms. The molecule has 18 heavy (non-hydrogen) atoms. The summed E-state index contributed by atoms with van der Waals surface area (Å²) >= 11 is 1.45. The van der Waals surface area contributed by atoms with Gasteiger partial charge < -0.3 is 15.8 Å². The van der Waals surface area contributed by atoms with Crippen molar-refractivity contribution >= 4 is 27.9 Å². The summed E-state index contributed by atoms with van der Waals surface area (Å²) in [5.41, 5.74) is 8.20. The van der Waals surface area contributed by atoms with Gasteiger partial charge in [-0.3, -0.25) is 4.79 Å². The van der Waals surface area contributed by atoms with E-state index in [-0.39, 0.29) is 12.5 Å². The average Bonchev–Trinajstić information content (AvgIpc) is 2.67. The van der Waals surface area contributed by atoms with E-state index in [0.29, 0.717) is 16.4 Å². The fourth-order valence-corrected chi connectivity index (χ4v) is 2.60. The lowest BCUT2D eigenvalue weighted by Crippen LogP contribution is -2.25. The van der Waals surface area contributed by atoms with Crippen molar-refractivity contribution in [2.24, 2.45) is 0 Å². The summed E-state index contributed by atoms with van der Waals surface area (Å²) in [4.78, 5) is 15.7. The number of nitrogens with one attached hydrogen (secondary N) is 1. The Balaban J connectivity index is 2.07. The maximum atomic E-state index is 11.3. The minimum atomic E-state index is -0.151. The number of aryl methyl sites for hydroxylation is 1. The second-order valence-corrected chi connectivity index (χ2v) is 5.23. The lowest BCUT2D eigenvalue weighted by molar-refractivity contribution is -0.118. The number of nitrogens with two attached hydrogens (primary N) is 1. The van der Waals surface area contributed by atoms with Crippen LogP contribution in [0.3, 0.4) is 0 Å². The van der Waals surface area contributed by atoms with Crippen molar-refractivity contribution in [1.29, 1.82) is 0 Å². The van der Waals surface area contributed by atoms with Gasteiger partial charge in [-0.15, -0.1) is 11.3 Å². The SMILES string of the molecule is Cc1nc(-c2ccc3c(c2)NC(=O)CO3)c(N)s1. The van der Waals surface area contributed by atoms with Gasteiger partial charge >= 0.3 is 0 Å². The first-order chi connectivity index (χ1) is 8.63. The Morgan fingerprint density at radius 1 is 1.50 bits per heavy atom. The van der Waals surface area contributed by atoms with Crippen LogP contribution >= 0.6 is 11.3 Å². The fourth-order valence-electron chi connectivity index (χ4n) is 1.88. The van der Waals surface area contributed by atoms with Gasteiger partial charge in [-0.05, 0) is 25.1 Å². The largest absolute Gasteiger partial charge is 0.482 e. The van der Waals surface area contributed by atoms with Crippen LogP contribution in [0.5, 0.6) is 5.75 Å². The summed E-state index contributed by atoms with van der Waals surface area (Å²) in [6.45, 7) is 1.97. The molecule has 3 rings (SSSR count). The highest BCUT2D eigenvalue weighted by Gasteiger charge is 2.17. The third-order valence-electron chi connectivity index (χ3n) is 2.65. The Hall–Kier alpha value is -2.08. The van der Waals surface area contributed by atoms with Gasteiger partial charge in [-0.25, -0.2) is 4.98 Å². The first kappa shape index (κ1) is 11.0. The molecule has 0 saturated carbocycles. The number of hydrogen-bond acceptors (Lipinski definition) is 5. The number of nitrogen functional groups attached to an aromatic ring is 1. The van der Waals surface area contributed by atoms with Gasteiger partial charge in [-0.2, -0.15) is 0 Å². The van der Waals surface area contributed by atoms with Gasteiger partial charge in [0.15, 0.2) is 6.61 Å². The molecule has 0 saturated heterocycles. The lowest BCUT2D eigenvalue weighted by atomic mass is 10.1. The van der Waals surface area contributed by atoms with Crippen molar-refractivity contribution in [2.45, 2.75) is 6.92 Å². The molecule has 2 heterocycles. The van der Waals surface area contributed by atoms with Crippen molar-refractivity contribution in [3.63, 3.8) is 0 Å². The van der Waals surface area contributed by atoms with Gasteiger partial charge in [0.2, 0.25) is 0 Å². The van der Waals surface area contributed by atoms with Gasteiger partial charge in [-0.1, -0.05) is 0 Å². The molecule has 1 aromatic carbocycles. The van der Waals surface area contributed by atoms with E-state index >= 15 is 0 Å². The van der Waals surface area contributed by atoms with Crippen molar-refractivity contribution in [3.8, 4) is 17.0 Å². The summed E-state index contributed by atoms with van der Waals surface area (Å²) in [6, 6.07) is 5.54. The molecule has 0 unspecified atom stereocenters. The second-order valence-electron chi connectivity index (χ2n) is 3.99. The van der Waals surface area contributed by atoms with Crippen LogP contribution in [0.2, 0.25) is 0 Å². The van der Waals surface area contributed by atoms with Crippen LogP contribution in [-0.2, 0) is 4.79 Å². The minimum absolute atomic E-state index is 0.0598. The zero-order chi connectivity index (χ0) is 12.7. The average molecular weight is 261 g/mol. The molecule has 0 fully saturated rings. The molecular formula is C12H11N3O2S. The van der Waals surface area contributed by atoms with E-state index in [1.165, 1.54) is 11.3 Å². The highest BCUT2D eigenvalue weighted by Crippen LogP contribution is 2.36. The number of nitrogens with zero attached hydrogens (tertiary/aromatic N) is 1. The Labute approximate surface area is 108 Å². The fraction of sp³-hybridized carbons (Fsp3) is 0.167. The zero-order valence-electron chi connectivity index (χ0n) is 9.69. The predicted octanol–water partition coefficient (Wildman–Crippen LogP) is 2.03. The smallest absolute Gasteiger partial charge is 0.262 e. The number of hydrogen-bond donors (Lipinski definition) is 2. The number of carbonyl (C=O) groups is 1. The molecule has 92 valence electrons. The maximum Gasteiger partial charge on any atom is 0.262 e. The molecule has 1 amide bonds. The molecule has 0 aliphatic carbocycles. The lowest BCUT2D eigenvalue weighted by Gasteiger charge is -2.18. The standard InChI is InChI=1S/C12H11N3O2S/c1-6-14-11(12(13)18-6)7-2-3-9-8(4-7)15-10(16)5-17-9/h2-4H,5,13H2,1H3,(H,15,16). The summed E-state index contributed by atoms with van der Waals surface area (Å²) in [5.74, 6) is 0.519. The molecule has 2 aromatic rings. The quantitative estimate of drug-likeness (QED) is 0.823. The molecule has 3 N–H and O–H groups in total. The van der Waals surface area contributed by atoms with Crippen molar-refractivity contribution < 1.29 is 9.53 Å². The van der Waals surface area contributed by atoms with E-state index in [1.807, 2.05) is 25.1 Å². The Kier molecular flexibility index (Phi) is 2.45. The molecule has 5 nitrogen and oxygen atoms in total. The maximum absolute atomic E-state index is 11.3. The van der Waals surface area contributed by atoms with Gasteiger partial charge in [0.25, 0.3) is 5.91 Å². The van der Waals surface area contributed by atoms with E-state index in [2.05, 4.69) is 10.3 Å². The molecular weight excluding hydrogens is 250 g/mol. The van der Waals surface area contributed by atoms with E-state index in [0.717, 1.165) is 16.3 Å². The predicted molar refractivity (Wildman–Crippen MR) is 70.8 cm³/mol. The Morgan fingerprint density at radius 3 is 3.06 bits per heavy atom. The number of ether oxygens (including phenoxy) is 1. The molecule has 0 atom stereocenters. The normalized spacial score (nSPS) is 13.7. The van der Waals surface area contributed by atoms with E-state index in [9.17, 15) is 4.79 Å². The van der Waals surface area contributed by atoms with Crippen LogP contribution in [0, 0.1) is 6.92 Å². The van der Waals surface area contributed by atoms with Crippen molar-refractivity contribution in [3.05, 3.63) is 23.2 Å². The summed E-state index contributed by atoms with van der Waals surface area (Å²) in [7, 11) is 0. The second kappa shape index (κ2) is 3.99. The number of rotatable bonds is 1. The number of aromatic nitrogens is 1. The number of fused-ring (bicyclic) bond motifs is 1. The summed E-state index contributed by atoms with van der Waals surface area (Å²) in [5, 5.41) is 4.36. The van der Waals surface area contributed by atoms with Crippen molar-refractivity contribution in [2.75, 3.05) is 17.7 Å². The molecule has 1 aliphatic rings. The van der Waals surface area contributed by atoms with Crippen LogP contribution in [0.25, 0.3) is 11.3 Å². The molecule has 6 heteroatoms. The molecule has 1 aromatic heterocycles. The third-order valence-corrected chi connectivity index (χ3v) is 3.45. The van der Waals surface area contributed by atoms with E-state index in [4.69, 9.17) is 10.5 Å². The number of thiazole rings is 1. The third kappa shape index (κ3) is 1.80. The minimum Gasteiger partial charge on any atom is -0.482 e. The van der Waals surface area contributed by atoms with Crippen LogP contribution in [-0.4, -0.2) is 17.5 Å². The van der Waals surface area contributed by atoms with Gasteiger partial charge in [0.1, 0.15) is 16.4 Å². The highest BCUT2D eigenvalue weighted by molar-refractivity contribution is 7.16. The molecule has 0 radical (unpaired) electrons. The van der Waals surface area contributed by atoms with Gasteiger partial charge in [0.05, 0.1) is 10.7 Å². The van der Waals surface area contributed by atoms with Crippen LogP contribution in [0.15, 0.2) is 18.2 Å². The van der Waals surface area contributed by atoms with Crippen LogP contribution in [0.1, 0.15) is 5.01 Å². The van der Waals surface area contributed by atoms with Crippen LogP contribution in [0.4, 0.5) is 10.7 Å². The number of benzene rings is 1. The first-order valence-electron chi connectivity index (χ1n) is 5.43. The summed E-state index contributed by atoms with van der Waals surface area (Å²) < 4.78 is 5.30. The Bertz CT molecular complexity index is 636. The topological polar surface area (TPSA) is 77.2 Å². The number of anilines is 2. The van der Waals surface area contributed by atoms with Crippen molar-refractivity contribution in [1.82, 2.24) is 4.98 Å². The van der Waals surface area contributed by atoms with Gasteiger partial charge in [0, 0.05) is 5.56 Å². The molecule has 0 spiro atoms. The zero-order valence-corrected chi connectivity index (χ0v) is 10.5. The van der Waals surface area contributed by atoms with E-state index in [1.54, 1.807) is 0 Å². The Morgan fingerprint density at radius 2 is 2.33 bits per heavy atom. The van der Waals surface area contributed by atoms with Crippen LogP contribution < -0.4 is 15.8 Å². The monoisotopic (exact) mass is 261 g/mol. The summed E-state index contributed by atoms with van der Waals surface area (Å²) in [6.07, 6.45) is 0. The molecule has 1 aliphatic heterocycles.